The van der Waals surface area contributed by atoms with E-state index in [9.17, 15) is 5.11 Å². The summed E-state index contributed by atoms with van der Waals surface area (Å²) in [4.78, 5) is 0. The third kappa shape index (κ3) is 2.39. The lowest BCUT2D eigenvalue weighted by Gasteiger charge is -2.58. The molecule has 5 aliphatic rings. The van der Waals surface area contributed by atoms with Crippen LogP contribution in [0.5, 0.6) is 0 Å². The minimum atomic E-state index is -0.0994. The summed E-state index contributed by atoms with van der Waals surface area (Å²) in [5.74, 6) is 3.90. The lowest BCUT2D eigenvalue weighted by Crippen LogP contribution is -2.51. The second-order valence-electron chi connectivity index (χ2n) is 11.6. The molecule has 0 aromatic heterocycles. The molecule has 0 radical (unpaired) electrons. The highest BCUT2D eigenvalue weighted by molar-refractivity contribution is 5.57. The van der Waals surface area contributed by atoms with Crippen LogP contribution >= 0.6 is 0 Å². The molecule has 0 unspecified atom stereocenters. The SMILES string of the molecule is C[C@@H]1c2ccccc2N[C@H]2C[C@H]3[C@@H]4CC=C5C[C@@H](O)CC[C@]5(C)[C@H]4CC[C@]3(C)[C@H]21. The van der Waals surface area contributed by atoms with E-state index >= 15 is 0 Å². The maximum Gasteiger partial charge on any atom is 0.0577 e. The maximum atomic E-state index is 10.3. The number of nitrogens with one attached hydrogen (secondary N) is 1. The van der Waals surface area contributed by atoms with Gasteiger partial charge in [-0.1, -0.05) is 50.6 Å². The molecule has 1 heterocycles. The van der Waals surface area contributed by atoms with Crippen LogP contribution in [-0.4, -0.2) is 17.3 Å². The Morgan fingerprint density at radius 2 is 1.90 bits per heavy atom. The van der Waals surface area contributed by atoms with E-state index in [0.29, 0.717) is 22.8 Å². The first kappa shape index (κ1) is 18.5. The van der Waals surface area contributed by atoms with Crippen molar-refractivity contribution in [2.75, 3.05) is 5.32 Å². The van der Waals surface area contributed by atoms with Crippen molar-refractivity contribution in [2.24, 2.45) is 34.5 Å². The highest BCUT2D eigenvalue weighted by Gasteiger charge is 2.62. The lowest BCUT2D eigenvalue weighted by atomic mass is 9.47. The van der Waals surface area contributed by atoms with Gasteiger partial charge in [-0.3, -0.25) is 0 Å². The molecule has 156 valence electrons. The molecule has 9 atom stereocenters. The predicted molar refractivity (Wildman–Crippen MR) is 119 cm³/mol. The Morgan fingerprint density at radius 1 is 1.07 bits per heavy atom. The molecule has 0 bridgehead atoms. The van der Waals surface area contributed by atoms with Crippen molar-refractivity contribution in [3.05, 3.63) is 41.5 Å². The second-order valence-corrected chi connectivity index (χ2v) is 11.6. The highest BCUT2D eigenvalue weighted by Crippen LogP contribution is 2.68. The largest absolute Gasteiger partial charge is 0.393 e. The number of rotatable bonds is 0. The molecule has 2 nitrogen and oxygen atoms in total. The van der Waals surface area contributed by atoms with E-state index in [-0.39, 0.29) is 6.10 Å². The smallest absolute Gasteiger partial charge is 0.0577 e. The molecular formula is C27H37NO. The van der Waals surface area contributed by atoms with Gasteiger partial charge in [-0.15, -0.1) is 0 Å². The molecule has 2 N–H and O–H groups in total. The zero-order valence-corrected chi connectivity index (χ0v) is 18.3. The summed E-state index contributed by atoms with van der Waals surface area (Å²) in [5.41, 5.74) is 5.33. The van der Waals surface area contributed by atoms with Gasteiger partial charge in [-0.05, 0) is 97.0 Å². The van der Waals surface area contributed by atoms with Gasteiger partial charge in [0.2, 0.25) is 0 Å². The summed E-state index contributed by atoms with van der Waals surface area (Å²) >= 11 is 0. The minimum absolute atomic E-state index is 0.0994. The second kappa shape index (κ2) is 6.13. The monoisotopic (exact) mass is 391 g/mol. The number of fused-ring (bicyclic) bond motifs is 8. The number of aliphatic hydroxyl groups is 1. The lowest BCUT2D eigenvalue weighted by molar-refractivity contribution is -0.0528. The fourth-order valence-corrected chi connectivity index (χ4v) is 9.21. The van der Waals surface area contributed by atoms with Crippen LogP contribution in [-0.2, 0) is 0 Å². The van der Waals surface area contributed by atoms with E-state index in [1.165, 1.54) is 43.4 Å². The van der Waals surface area contributed by atoms with Crippen molar-refractivity contribution in [2.45, 2.75) is 83.8 Å². The van der Waals surface area contributed by atoms with E-state index in [2.05, 4.69) is 56.4 Å². The van der Waals surface area contributed by atoms with Crippen LogP contribution in [0, 0.1) is 34.5 Å². The fraction of sp³-hybridized carbons (Fsp3) is 0.704. The molecule has 29 heavy (non-hydrogen) atoms. The first-order valence-electron chi connectivity index (χ1n) is 12.1. The number of hydrogen-bond acceptors (Lipinski definition) is 2. The third-order valence-corrected chi connectivity index (χ3v) is 10.5. The fourth-order valence-electron chi connectivity index (χ4n) is 9.21. The van der Waals surface area contributed by atoms with Gasteiger partial charge in [0.1, 0.15) is 0 Å². The van der Waals surface area contributed by atoms with Crippen molar-refractivity contribution in [1.82, 2.24) is 0 Å². The van der Waals surface area contributed by atoms with Crippen molar-refractivity contribution in [1.29, 1.82) is 0 Å². The Balaban J connectivity index is 1.36. The topological polar surface area (TPSA) is 32.3 Å². The molecule has 2 heteroatoms. The zero-order valence-electron chi connectivity index (χ0n) is 18.3. The van der Waals surface area contributed by atoms with Crippen molar-refractivity contribution in [3.63, 3.8) is 0 Å². The molecular weight excluding hydrogens is 354 g/mol. The number of allylic oxidation sites excluding steroid dienone is 1. The first-order valence-corrected chi connectivity index (χ1v) is 12.1. The number of hydrogen-bond donors (Lipinski definition) is 2. The number of benzene rings is 1. The van der Waals surface area contributed by atoms with Crippen LogP contribution < -0.4 is 5.32 Å². The number of aliphatic hydroxyl groups excluding tert-OH is 1. The molecule has 3 saturated carbocycles. The van der Waals surface area contributed by atoms with Gasteiger partial charge in [-0.25, -0.2) is 0 Å². The molecule has 0 spiro atoms. The Labute approximate surface area is 176 Å². The number of para-hydroxylation sites is 1. The van der Waals surface area contributed by atoms with Gasteiger partial charge in [0.15, 0.2) is 0 Å². The van der Waals surface area contributed by atoms with E-state index in [1.54, 1.807) is 5.57 Å². The van der Waals surface area contributed by atoms with E-state index in [0.717, 1.165) is 36.5 Å². The van der Waals surface area contributed by atoms with Gasteiger partial charge in [0.05, 0.1) is 6.10 Å². The summed E-state index contributed by atoms with van der Waals surface area (Å²) in [7, 11) is 0. The van der Waals surface area contributed by atoms with Crippen LogP contribution in [0.4, 0.5) is 5.69 Å². The summed E-state index contributed by atoms with van der Waals surface area (Å²) in [6.45, 7) is 7.69. The first-order chi connectivity index (χ1) is 13.9. The molecule has 1 aromatic rings. The van der Waals surface area contributed by atoms with Gasteiger partial charge in [-0.2, -0.15) is 0 Å². The van der Waals surface area contributed by atoms with Crippen LogP contribution in [0.25, 0.3) is 0 Å². The maximum absolute atomic E-state index is 10.3. The van der Waals surface area contributed by atoms with Crippen molar-refractivity contribution < 1.29 is 5.11 Å². The summed E-state index contributed by atoms with van der Waals surface area (Å²) in [6.07, 6.45) is 11.0. The van der Waals surface area contributed by atoms with E-state index in [4.69, 9.17) is 0 Å². The van der Waals surface area contributed by atoms with Gasteiger partial charge < -0.3 is 10.4 Å². The molecule has 1 aliphatic heterocycles. The molecule has 0 saturated heterocycles. The van der Waals surface area contributed by atoms with Gasteiger partial charge in [0, 0.05) is 11.7 Å². The summed E-state index contributed by atoms with van der Waals surface area (Å²) < 4.78 is 0. The molecule has 6 rings (SSSR count). The molecule has 4 aliphatic carbocycles. The molecule has 3 fully saturated rings. The minimum Gasteiger partial charge on any atom is -0.393 e. The van der Waals surface area contributed by atoms with Crippen molar-refractivity contribution >= 4 is 5.69 Å². The Hall–Kier alpha value is -1.28. The molecule has 1 aromatic carbocycles. The standard InChI is InChI=1S/C27H37NO/c1-16-19-6-4-5-7-23(19)28-24-15-22-20-9-8-17-14-18(29)10-12-26(17,2)21(20)11-13-27(22,3)25(16)24/h4-8,16,18,20-22,24-25,28-29H,9-15H2,1-3H3/t16-,18+,20-,21+,22+,24+,25+,26+,27+/m1/s1. The predicted octanol–water partition coefficient (Wildman–Crippen LogP) is 6.13. The van der Waals surface area contributed by atoms with E-state index < -0.39 is 0 Å². The Bertz CT molecular complexity index is 860. The normalized spacial score (nSPS) is 50.2. The molecule has 0 amide bonds. The van der Waals surface area contributed by atoms with Crippen molar-refractivity contribution in [3.8, 4) is 0 Å². The van der Waals surface area contributed by atoms with Gasteiger partial charge >= 0.3 is 0 Å². The average molecular weight is 392 g/mol. The Kier molecular flexibility index (Phi) is 3.90. The summed E-state index contributed by atoms with van der Waals surface area (Å²) in [6, 6.07) is 9.69. The van der Waals surface area contributed by atoms with Crippen LogP contribution in [0.1, 0.15) is 77.2 Å². The third-order valence-electron chi connectivity index (χ3n) is 10.5. The quantitative estimate of drug-likeness (QED) is 0.521. The van der Waals surface area contributed by atoms with Crippen LogP contribution in [0.3, 0.4) is 0 Å². The van der Waals surface area contributed by atoms with Crippen LogP contribution in [0.15, 0.2) is 35.9 Å². The van der Waals surface area contributed by atoms with E-state index in [1.807, 2.05) is 0 Å². The highest BCUT2D eigenvalue weighted by atomic mass is 16.3. The van der Waals surface area contributed by atoms with Crippen LogP contribution in [0.2, 0.25) is 0 Å². The number of anilines is 1. The van der Waals surface area contributed by atoms with Gasteiger partial charge in [0.25, 0.3) is 0 Å². The Morgan fingerprint density at radius 3 is 2.76 bits per heavy atom. The summed E-state index contributed by atoms with van der Waals surface area (Å²) in [5, 5.41) is 14.2. The zero-order chi connectivity index (χ0) is 20.0. The average Bonchev–Trinajstić information content (AvgIpc) is 3.01.